The summed E-state index contributed by atoms with van der Waals surface area (Å²) >= 11 is 5.75. The zero-order valence-electron chi connectivity index (χ0n) is 8.64. The van der Waals surface area contributed by atoms with E-state index in [2.05, 4.69) is 20.3 Å². The second kappa shape index (κ2) is 4.87. The molecular formula is C8H14ClN5O. The molecule has 84 valence electrons. The fraction of sp³-hybridized carbons (Fsp3) is 0.875. The maximum Gasteiger partial charge on any atom is 0.188 e. The Morgan fingerprint density at radius 2 is 2.47 bits per heavy atom. The minimum atomic E-state index is 0.122. The van der Waals surface area contributed by atoms with Crippen LogP contribution in [0.25, 0.3) is 0 Å². The Labute approximate surface area is 93.1 Å². The Hall–Kier alpha value is -0.720. The Balaban J connectivity index is 1.88. The van der Waals surface area contributed by atoms with Gasteiger partial charge in [-0.1, -0.05) is 0 Å². The molecule has 1 aliphatic rings. The van der Waals surface area contributed by atoms with Crippen LogP contribution in [-0.4, -0.2) is 56.8 Å². The maximum absolute atomic E-state index is 5.75. The third kappa shape index (κ3) is 2.87. The lowest BCUT2D eigenvalue weighted by Crippen LogP contribution is -2.42. The van der Waals surface area contributed by atoms with Crippen LogP contribution in [0.1, 0.15) is 5.82 Å². The summed E-state index contributed by atoms with van der Waals surface area (Å²) in [5, 5.41) is 11.9. The first-order valence-electron chi connectivity index (χ1n) is 4.90. The smallest absolute Gasteiger partial charge is 0.188 e. The van der Waals surface area contributed by atoms with Crippen molar-refractivity contribution in [1.82, 2.24) is 25.1 Å². The number of hydrogen-bond acceptors (Lipinski definition) is 5. The number of morpholine rings is 1. The van der Waals surface area contributed by atoms with Gasteiger partial charge >= 0.3 is 0 Å². The lowest BCUT2D eigenvalue weighted by Gasteiger charge is -2.30. The van der Waals surface area contributed by atoms with Gasteiger partial charge in [0.1, 0.15) is 0 Å². The summed E-state index contributed by atoms with van der Waals surface area (Å²) in [6.45, 7) is 3.16. The number of rotatable bonds is 3. The van der Waals surface area contributed by atoms with Gasteiger partial charge in [0, 0.05) is 19.0 Å². The molecule has 1 aromatic rings. The SMILES string of the molecule is Cn1nnc(CN2CCOC(CCl)C2)n1. The van der Waals surface area contributed by atoms with E-state index in [0.717, 1.165) is 25.5 Å². The van der Waals surface area contributed by atoms with E-state index in [9.17, 15) is 0 Å². The van der Waals surface area contributed by atoms with Crippen LogP contribution in [0.15, 0.2) is 0 Å². The Kier molecular flexibility index (Phi) is 3.50. The van der Waals surface area contributed by atoms with Gasteiger partial charge in [-0.25, -0.2) is 0 Å². The van der Waals surface area contributed by atoms with Gasteiger partial charge in [-0.05, 0) is 5.21 Å². The molecule has 1 saturated heterocycles. The van der Waals surface area contributed by atoms with E-state index in [0.29, 0.717) is 12.4 Å². The van der Waals surface area contributed by atoms with Crippen LogP contribution in [0.3, 0.4) is 0 Å². The number of hydrogen-bond donors (Lipinski definition) is 0. The van der Waals surface area contributed by atoms with E-state index >= 15 is 0 Å². The first-order valence-corrected chi connectivity index (χ1v) is 5.44. The molecule has 0 aromatic carbocycles. The molecule has 1 aromatic heterocycles. The van der Waals surface area contributed by atoms with Crippen LogP contribution in [-0.2, 0) is 18.3 Å². The van der Waals surface area contributed by atoms with Crippen LogP contribution >= 0.6 is 11.6 Å². The molecule has 6 nitrogen and oxygen atoms in total. The van der Waals surface area contributed by atoms with Gasteiger partial charge in [0.2, 0.25) is 0 Å². The molecule has 2 rings (SSSR count). The lowest BCUT2D eigenvalue weighted by atomic mass is 10.3. The van der Waals surface area contributed by atoms with Gasteiger partial charge in [0.25, 0.3) is 0 Å². The van der Waals surface area contributed by atoms with Gasteiger partial charge in [-0.15, -0.1) is 21.8 Å². The zero-order chi connectivity index (χ0) is 10.7. The van der Waals surface area contributed by atoms with Gasteiger partial charge in [-0.2, -0.15) is 4.80 Å². The van der Waals surface area contributed by atoms with Crippen LogP contribution in [0, 0.1) is 0 Å². The molecule has 0 N–H and O–H groups in total. The number of ether oxygens (including phenoxy) is 1. The number of halogens is 1. The van der Waals surface area contributed by atoms with Crippen molar-refractivity contribution in [1.29, 1.82) is 0 Å². The van der Waals surface area contributed by atoms with Crippen LogP contribution in [0.4, 0.5) is 0 Å². The topological polar surface area (TPSA) is 56.1 Å². The molecule has 15 heavy (non-hydrogen) atoms. The largest absolute Gasteiger partial charge is 0.374 e. The molecule has 1 atom stereocenters. The third-order valence-corrected chi connectivity index (χ3v) is 2.65. The minimum Gasteiger partial charge on any atom is -0.374 e. The van der Waals surface area contributed by atoms with Gasteiger partial charge in [-0.3, -0.25) is 4.90 Å². The standard InChI is InChI=1S/C8H14ClN5O/c1-13-11-8(10-12-13)6-14-2-3-15-7(4-9)5-14/h7H,2-6H2,1H3. The molecule has 1 unspecified atom stereocenters. The van der Waals surface area contributed by atoms with Crippen molar-refractivity contribution in [2.45, 2.75) is 12.6 Å². The minimum absolute atomic E-state index is 0.122. The van der Waals surface area contributed by atoms with Crippen molar-refractivity contribution in [3.63, 3.8) is 0 Å². The maximum atomic E-state index is 5.75. The number of aromatic nitrogens is 4. The van der Waals surface area contributed by atoms with E-state index in [1.165, 1.54) is 4.80 Å². The highest BCUT2D eigenvalue weighted by Crippen LogP contribution is 2.08. The van der Waals surface area contributed by atoms with Crippen molar-refractivity contribution in [3.8, 4) is 0 Å². The van der Waals surface area contributed by atoms with Crippen LogP contribution < -0.4 is 0 Å². The fourth-order valence-corrected chi connectivity index (χ4v) is 1.79. The molecule has 0 radical (unpaired) electrons. The summed E-state index contributed by atoms with van der Waals surface area (Å²) < 4.78 is 5.46. The average molecular weight is 232 g/mol. The summed E-state index contributed by atoms with van der Waals surface area (Å²) in [4.78, 5) is 3.70. The molecule has 1 aliphatic heterocycles. The molecule has 0 aliphatic carbocycles. The van der Waals surface area contributed by atoms with E-state index < -0.39 is 0 Å². The van der Waals surface area contributed by atoms with E-state index in [1.807, 2.05) is 0 Å². The Bertz CT molecular complexity index is 318. The zero-order valence-corrected chi connectivity index (χ0v) is 9.39. The number of tetrazole rings is 1. The van der Waals surface area contributed by atoms with E-state index in [4.69, 9.17) is 16.3 Å². The molecule has 0 bridgehead atoms. The number of nitrogens with zero attached hydrogens (tertiary/aromatic N) is 5. The van der Waals surface area contributed by atoms with Crippen molar-refractivity contribution >= 4 is 11.6 Å². The molecule has 0 saturated carbocycles. The van der Waals surface area contributed by atoms with Crippen molar-refractivity contribution in [2.24, 2.45) is 7.05 Å². The normalized spacial score (nSPS) is 23.2. The number of aryl methyl sites for hydroxylation is 1. The molecular weight excluding hydrogens is 218 g/mol. The van der Waals surface area contributed by atoms with E-state index in [1.54, 1.807) is 7.05 Å². The summed E-state index contributed by atoms with van der Waals surface area (Å²) in [6, 6.07) is 0. The molecule has 0 amide bonds. The lowest BCUT2D eigenvalue weighted by molar-refractivity contribution is -0.0202. The summed E-state index contributed by atoms with van der Waals surface area (Å²) in [5.74, 6) is 1.28. The highest BCUT2D eigenvalue weighted by molar-refractivity contribution is 6.18. The third-order valence-electron chi connectivity index (χ3n) is 2.31. The molecule has 1 fully saturated rings. The number of alkyl halides is 1. The second-order valence-corrected chi connectivity index (χ2v) is 3.89. The highest BCUT2D eigenvalue weighted by Gasteiger charge is 2.20. The first-order chi connectivity index (χ1) is 7.28. The van der Waals surface area contributed by atoms with Gasteiger partial charge in [0.15, 0.2) is 5.82 Å². The fourth-order valence-electron chi connectivity index (χ4n) is 1.60. The first kappa shape index (κ1) is 10.8. The highest BCUT2D eigenvalue weighted by atomic mass is 35.5. The molecule has 2 heterocycles. The molecule has 0 spiro atoms. The average Bonchev–Trinajstić information content (AvgIpc) is 2.64. The van der Waals surface area contributed by atoms with Crippen LogP contribution in [0.2, 0.25) is 0 Å². The van der Waals surface area contributed by atoms with Crippen molar-refractivity contribution in [2.75, 3.05) is 25.6 Å². The Morgan fingerprint density at radius 3 is 3.13 bits per heavy atom. The predicted octanol–water partition coefficient (Wildman–Crippen LogP) is -0.350. The van der Waals surface area contributed by atoms with Gasteiger partial charge in [0.05, 0.1) is 26.3 Å². The monoisotopic (exact) mass is 231 g/mol. The van der Waals surface area contributed by atoms with Crippen molar-refractivity contribution < 1.29 is 4.74 Å². The van der Waals surface area contributed by atoms with Crippen LogP contribution in [0.5, 0.6) is 0 Å². The van der Waals surface area contributed by atoms with Gasteiger partial charge < -0.3 is 4.74 Å². The second-order valence-electron chi connectivity index (χ2n) is 3.58. The summed E-state index contributed by atoms with van der Waals surface area (Å²) in [6.07, 6.45) is 0.122. The van der Waals surface area contributed by atoms with E-state index in [-0.39, 0.29) is 6.10 Å². The Morgan fingerprint density at radius 1 is 1.60 bits per heavy atom. The summed E-state index contributed by atoms with van der Waals surface area (Å²) in [7, 11) is 1.76. The molecule has 7 heteroatoms. The van der Waals surface area contributed by atoms with Crippen molar-refractivity contribution in [3.05, 3.63) is 5.82 Å². The summed E-state index contributed by atoms with van der Waals surface area (Å²) in [5.41, 5.74) is 0. The quantitative estimate of drug-likeness (QED) is 0.666. The predicted molar refractivity (Wildman–Crippen MR) is 54.5 cm³/mol.